The molecule has 5 nitrogen and oxygen atoms in total. The standard InChI is InChI=1S/C9H22N2O3S/c1-4-6-9(3,12)8-11-15(13,14)10-7-5-2/h10-12H,4-8H2,1-3H3. The highest BCUT2D eigenvalue weighted by molar-refractivity contribution is 7.87. The quantitative estimate of drug-likeness (QED) is 0.572. The molecule has 1 atom stereocenters. The van der Waals surface area contributed by atoms with Gasteiger partial charge in [-0.15, -0.1) is 0 Å². The molecule has 0 saturated carbocycles. The van der Waals surface area contributed by atoms with Gasteiger partial charge in [-0.1, -0.05) is 20.3 Å². The summed E-state index contributed by atoms with van der Waals surface area (Å²) in [7, 11) is -3.46. The number of rotatable bonds is 8. The van der Waals surface area contributed by atoms with Crippen LogP contribution < -0.4 is 9.44 Å². The minimum Gasteiger partial charge on any atom is -0.389 e. The Balaban J connectivity index is 4.02. The summed E-state index contributed by atoms with van der Waals surface area (Å²) in [6, 6.07) is 0. The number of hydrogen-bond acceptors (Lipinski definition) is 3. The van der Waals surface area contributed by atoms with Gasteiger partial charge in [-0.25, -0.2) is 4.72 Å². The molecule has 0 aromatic carbocycles. The van der Waals surface area contributed by atoms with Gasteiger partial charge in [-0.05, 0) is 19.8 Å². The van der Waals surface area contributed by atoms with Gasteiger partial charge >= 0.3 is 0 Å². The maximum Gasteiger partial charge on any atom is 0.277 e. The van der Waals surface area contributed by atoms with Crippen molar-refractivity contribution in [3.05, 3.63) is 0 Å². The predicted octanol–water partition coefficient (Wildman–Crippen LogP) is 0.372. The largest absolute Gasteiger partial charge is 0.389 e. The van der Waals surface area contributed by atoms with Gasteiger partial charge in [-0.2, -0.15) is 13.1 Å². The van der Waals surface area contributed by atoms with E-state index in [-0.39, 0.29) is 6.54 Å². The van der Waals surface area contributed by atoms with E-state index in [2.05, 4.69) is 9.44 Å². The zero-order valence-corrected chi connectivity index (χ0v) is 10.5. The second-order valence-electron chi connectivity index (χ2n) is 3.97. The summed E-state index contributed by atoms with van der Waals surface area (Å²) in [5.74, 6) is 0. The highest BCUT2D eigenvalue weighted by atomic mass is 32.2. The van der Waals surface area contributed by atoms with Gasteiger partial charge in [0.15, 0.2) is 0 Å². The molecule has 15 heavy (non-hydrogen) atoms. The van der Waals surface area contributed by atoms with Crippen molar-refractivity contribution in [3.63, 3.8) is 0 Å². The summed E-state index contributed by atoms with van der Waals surface area (Å²) in [5, 5.41) is 9.75. The molecule has 0 amide bonds. The van der Waals surface area contributed by atoms with Gasteiger partial charge in [0.1, 0.15) is 0 Å². The zero-order valence-electron chi connectivity index (χ0n) is 9.71. The summed E-state index contributed by atoms with van der Waals surface area (Å²) in [6.45, 7) is 5.90. The molecule has 0 aliphatic rings. The first kappa shape index (κ1) is 14.8. The van der Waals surface area contributed by atoms with E-state index in [9.17, 15) is 13.5 Å². The van der Waals surface area contributed by atoms with E-state index in [1.165, 1.54) is 0 Å². The fourth-order valence-corrected chi connectivity index (χ4v) is 2.24. The summed E-state index contributed by atoms with van der Waals surface area (Å²) in [5.41, 5.74) is -0.976. The predicted molar refractivity (Wildman–Crippen MR) is 60.7 cm³/mol. The topological polar surface area (TPSA) is 78.4 Å². The van der Waals surface area contributed by atoms with E-state index in [0.29, 0.717) is 13.0 Å². The molecule has 92 valence electrons. The third-order valence-corrected chi connectivity index (χ3v) is 3.08. The second-order valence-corrected chi connectivity index (χ2v) is 5.55. The molecular weight excluding hydrogens is 216 g/mol. The molecule has 1 unspecified atom stereocenters. The minimum absolute atomic E-state index is 0.0416. The van der Waals surface area contributed by atoms with Crippen molar-refractivity contribution < 1.29 is 13.5 Å². The lowest BCUT2D eigenvalue weighted by Crippen LogP contribution is -2.45. The Morgan fingerprint density at radius 3 is 2.27 bits per heavy atom. The summed E-state index contributed by atoms with van der Waals surface area (Å²) in [4.78, 5) is 0. The lowest BCUT2D eigenvalue weighted by atomic mass is 10.0. The van der Waals surface area contributed by atoms with Crippen molar-refractivity contribution in [3.8, 4) is 0 Å². The number of hydrogen-bond donors (Lipinski definition) is 3. The van der Waals surface area contributed by atoms with Gasteiger partial charge < -0.3 is 5.11 Å². The molecule has 0 saturated heterocycles. The SMILES string of the molecule is CCCNS(=O)(=O)NCC(C)(O)CCC. The van der Waals surface area contributed by atoms with Crippen LogP contribution >= 0.6 is 0 Å². The maximum absolute atomic E-state index is 11.3. The fraction of sp³-hybridized carbons (Fsp3) is 1.00. The van der Waals surface area contributed by atoms with Gasteiger partial charge in [0, 0.05) is 13.1 Å². The van der Waals surface area contributed by atoms with Crippen molar-refractivity contribution in [2.75, 3.05) is 13.1 Å². The molecule has 3 N–H and O–H groups in total. The lowest BCUT2D eigenvalue weighted by Gasteiger charge is -2.22. The van der Waals surface area contributed by atoms with Crippen LogP contribution in [0.15, 0.2) is 0 Å². The van der Waals surface area contributed by atoms with Crippen LogP contribution in [0.3, 0.4) is 0 Å². The van der Waals surface area contributed by atoms with Crippen molar-refractivity contribution in [1.29, 1.82) is 0 Å². The Bertz CT molecular complexity index is 263. The van der Waals surface area contributed by atoms with E-state index < -0.39 is 15.8 Å². The van der Waals surface area contributed by atoms with Crippen LogP contribution in [0, 0.1) is 0 Å². The van der Waals surface area contributed by atoms with Gasteiger partial charge in [0.25, 0.3) is 10.2 Å². The molecule has 0 aliphatic heterocycles. The lowest BCUT2D eigenvalue weighted by molar-refractivity contribution is 0.0553. The van der Waals surface area contributed by atoms with Gasteiger partial charge in [0.2, 0.25) is 0 Å². The molecule has 0 rings (SSSR count). The smallest absolute Gasteiger partial charge is 0.277 e. The number of aliphatic hydroxyl groups is 1. The van der Waals surface area contributed by atoms with Crippen LogP contribution in [-0.4, -0.2) is 32.2 Å². The van der Waals surface area contributed by atoms with Crippen molar-refractivity contribution in [1.82, 2.24) is 9.44 Å². The van der Waals surface area contributed by atoms with Crippen LogP contribution in [0.25, 0.3) is 0 Å². The average molecular weight is 238 g/mol. The molecular formula is C9H22N2O3S. The van der Waals surface area contributed by atoms with Crippen LogP contribution in [0.2, 0.25) is 0 Å². The molecule has 0 aromatic heterocycles. The first-order valence-electron chi connectivity index (χ1n) is 5.29. The van der Waals surface area contributed by atoms with Gasteiger partial charge in [-0.3, -0.25) is 0 Å². The van der Waals surface area contributed by atoms with E-state index in [1.54, 1.807) is 6.92 Å². The molecule has 6 heteroatoms. The number of nitrogens with one attached hydrogen (secondary N) is 2. The highest BCUT2D eigenvalue weighted by Crippen LogP contribution is 2.10. The Hall–Kier alpha value is -0.170. The minimum atomic E-state index is -3.46. The van der Waals surface area contributed by atoms with E-state index in [1.807, 2.05) is 13.8 Å². The van der Waals surface area contributed by atoms with E-state index in [4.69, 9.17) is 0 Å². The van der Waals surface area contributed by atoms with Crippen molar-refractivity contribution >= 4 is 10.2 Å². The molecule has 0 fully saturated rings. The summed E-state index contributed by atoms with van der Waals surface area (Å²) >= 11 is 0. The zero-order chi connectivity index (χ0) is 11.9. The highest BCUT2D eigenvalue weighted by Gasteiger charge is 2.21. The first-order valence-corrected chi connectivity index (χ1v) is 6.78. The van der Waals surface area contributed by atoms with Crippen molar-refractivity contribution in [2.24, 2.45) is 0 Å². The third-order valence-electron chi connectivity index (χ3n) is 1.97. The van der Waals surface area contributed by atoms with E-state index >= 15 is 0 Å². The van der Waals surface area contributed by atoms with Crippen molar-refractivity contribution in [2.45, 2.75) is 45.6 Å². The Morgan fingerprint density at radius 2 is 1.80 bits per heavy atom. The molecule has 0 spiro atoms. The average Bonchev–Trinajstić information content (AvgIpc) is 2.12. The second kappa shape index (κ2) is 6.42. The Labute approximate surface area is 92.4 Å². The third kappa shape index (κ3) is 7.72. The molecule has 0 bridgehead atoms. The maximum atomic E-state index is 11.3. The van der Waals surface area contributed by atoms with Crippen LogP contribution in [-0.2, 0) is 10.2 Å². The fourth-order valence-electron chi connectivity index (χ4n) is 1.16. The molecule has 0 radical (unpaired) electrons. The molecule has 0 aliphatic carbocycles. The monoisotopic (exact) mass is 238 g/mol. The summed E-state index contributed by atoms with van der Waals surface area (Å²) < 4.78 is 27.3. The summed E-state index contributed by atoms with van der Waals surface area (Å²) in [6.07, 6.45) is 2.13. The van der Waals surface area contributed by atoms with Gasteiger partial charge in [0.05, 0.1) is 5.60 Å². The Kier molecular flexibility index (Phi) is 6.35. The van der Waals surface area contributed by atoms with E-state index in [0.717, 1.165) is 12.8 Å². The Morgan fingerprint density at radius 1 is 1.20 bits per heavy atom. The normalized spacial score (nSPS) is 16.3. The first-order chi connectivity index (χ1) is 6.83. The van der Waals surface area contributed by atoms with Crippen LogP contribution in [0.5, 0.6) is 0 Å². The molecule has 0 heterocycles. The molecule has 0 aromatic rings. The van der Waals surface area contributed by atoms with Crippen LogP contribution in [0.4, 0.5) is 0 Å². The van der Waals surface area contributed by atoms with Crippen LogP contribution in [0.1, 0.15) is 40.0 Å².